The van der Waals surface area contributed by atoms with Crippen LogP contribution in [0.15, 0.2) is 54.6 Å². The molecule has 28 heavy (non-hydrogen) atoms. The minimum atomic E-state index is -5.08. The Hall–Kier alpha value is -3.33. The van der Waals surface area contributed by atoms with E-state index >= 15 is 0 Å². The highest BCUT2D eigenvalue weighted by molar-refractivity contribution is 5.94. The van der Waals surface area contributed by atoms with E-state index in [1.165, 1.54) is 0 Å². The molecule has 0 bridgehead atoms. The molecule has 1 aliphatic heterocycles. The zero-order valence-corrected chi connectivity index (χ0v) is 14.4. The summed E-state index contributed by atoms with van der Waals surface area (Å²) < 4.78 is 33.7. The minimum absolute atomic E-state index is 0.152. The molecular weight excluding hydrogens is 375 g/mol. The van der Waals surface area contributed by atoms with E-state index in [0.29, 0.717) is 6.54 Å². The highest BCUT2D eigenvalue weighted by Crippen LogP contribution is 2.33. The Morgan fingerprint density at radius 3 is 2.39 bits per heavy atom. The van der Waals surface area contributed by atoms with Gasteiger partial charge in [0.05, 0.1) is 11.2 Å². The molecule has 0 fully saturated rings. The Bertz CT molecular complexity index is 1030. The van der Waals surface area contributed by atoms with Gasteiger partial charge in [-0.1, -0.05) is 48.5 Å². The lowest BCUT2D eigenvalue weighted by Crippen LogP contribution is -2.35. The number of nitrogens with one attached hydrogen (secondary N) is 1. The molecule has 1 aliphatic rings. The molecule has 4 N–H and O–H groups in total. The number of carbonyl (C=O) groups excluding carboxylic acids is 1. The van der Waals surface area contributed by atoms with Crippen molar-refractivity contribution in [1.29, 1.82) is 0 Å². The number of hydrogen-bond acceptors (Lipinski definition) is 3. The van der Waals surface area contributed by atoms with Gasteiger partial charge < -0.3 is 20.7 Å². The molecular formula is C19H16F3N3O3. The summed E-state index contributed by atoms with van der Waals surface area (Å²) in [6, 6.07) is 18.2. The molecule has 0 saturated heterocycles. The maximum Gasteiger partial charge on any atom is 0.490 e. The molecule has 1 amide bonds. The Morgan fingerprint density at radius 1 is 1.14 bits per heavy atom. The standard InChI is InChI=1S/C17H15N3O.C2HF3O2/c18-16-17(21)19-10-13-8-4-7-12-9-14(20(16)15(12)13)11-5-2-1-3-6-11;3-2(4,5)1(6)7/h1-9,16H,10,18H2,(H,19,21);(H,6,7)/t16-;/m1./s1. The minimum Gasteiger partial charge on any atom is -0.475 e. The number of carboxylic acids is 1. The van der Waals surface area contributed by atoms with Crippen LogP contribution >= 0.6 is 0 Å². The molecule has 9 heteroatoms. The van der Waals surface area contributed by atoms with Gasteiger partial charge in [0.15, 0.2) is 6.17 Å². The van der Waals surface area contributed by atoms with Gasteiger partial charge in [-0.15, -0.1) is 0 Å². The third kappa shape index (κ3) is 3.70. The average Bonchev–Trinajstić information content (AvgIpc) is 3.00. The second-order valence-electron chi connectivity index (χ2n) is 6.09. The normalized spacial score (nSPS) is 16.0. The van der Waals surface area contributed by atoms with Crippen LogP contribution in [-0.4, -0.2) is 27.7 Å². The first kappa shape index (κ1) is 19.4. The fourth-order valence-corrected chi connectivity index (χ4v) is 3.03. The second kappa shape index (κ2) is 7.35. The lowest BCUT2D eigenvalue weighted by molar-refractivity contribution is -0.192. The molecule has 0 unspecified atom stereocenters. The quantitative estimate of drug-likeness (QED) is 0.594. The number of hydrogen-bond donors (Lipinski definition) is 3. The van der Waals surface area contributed by atoms with Crippen LogP contribution in [0, 0.1) is 0 Å². The highest BCUT2D eigenvalue weighted by atomic mass is 19.4. The van der Waals surface area contributed by atoms with E-state index < -0.39 is 18.3 Å². The van der Waals surface area contributed by atoms with Crippen LogP contribution in [0.3, 0.4) is 0 Å². The van der Waals surface area contributed by atoms with Gasteiger partial charge in [-0.3, -0.25) is 4.79 Å². The number of alkyl halides is 3. The third-order valence-electron chi connectivity index (χ3n) is 4.26. The van der Waals surface area contributed by atoms with E-state index in [1.54, 1.807) is 0 Å². The van der Waals surface area contributed by atoms with Crippen molar-refractivity contribution in [3.8, 4) is 11.3 Å². The number of carboxylic acid groups (broad SMARTS) is 1. The van der Waals surface area contributed by atoms with E-state index in [0.717, 1.165) is 27.7 Å². The van der Waals surface area contributed by atoms with Crippen molar-refractivity contribution in [2.75, 3.05) is 0 Å². The number of carbonyl (C=O) groups is 2. The number of rotatable bonds is 1. The first-order valence-electron chi connectivity index (χ1n) is 8.22. The molecule has 1 atom stereocenters. The molecule has 6 nitrogen and oxygen atoms in total. The van der Waals surface area contributed by atoms with Crippen LogP contribution in [0.5, 0.6) is 0 Å². The van der Waals surface area contributed by atoms with E-state index in [4.69, 9.17) is 15.6 Å². The first-order valence-corrected chi connectivity index (χ1v) is 8.22. The first-order chi connectivity index (χ1) is 13.2. The number of aromatic nitrogens is 1. The molecule has 3 aromatic rings. The van der Waals surface area contributed by atoms with Crippen LogP contribution < -0.4 is 11.1 Å². The van der Waals surface area contributed by atoms with E-state index in [2.05, 4.69) is 17.4 Å². The fourth-order valence-electron chi connectivity index (χ4n) is 3.03. The molecule has 0 spiro atoms. The van der Waals surface area contributed by atoms with Gasteiger partial charge in [-0.2, -0.15) is 13.2 Å². The average molecular weight is 391 g/mol. The van der Waals surface area contributed by atoms with Crippen molar-refractivity contribution < 1.29 is 27.9 Å². The summed E-state index contributed by atoms with van der Waals surface area (Å²) in [5.41, 5.74) is 10.4. The molecule has 146 valence electrons. The van der Waals surface area contributed by atoms with Gasteiger partial charge in [-0.05, 0) is 17.2 Å². The van der Waals surface area contributed by atoms with Crippen LogP contribution in [0.2, 0.25) is 0 Å². The van der Waals surface area contributed by atoms with Crippen LogP contribution in [0.4, 0.5) is 13.2 Å². The van der Waals surface area contributed by atoms with Crippen molar-refractivity contribution in [2.24, 2.45) is 5.73 Å². The third-order valence-corrected chi connectivity index (χ3v) is 4.26. The van der Waals surface area contributed by atoms with Crippen LogP contribution in [0.1, 0.15) is 11.7 Å². The highest BCUT2D eigenvalue weighted by Gasteiger charge is 2.38. The molecule has 4 rings (SSSR count). The fraction of sp³-hybridized carbons (Fsp3) is 0.158. The van der Waals surface area contributed by atoms with Gasteiger partial charge in [0.2, 0.25) is 0 Å². The van der Waals surface area contributed by atoms with Gasteiger partial charge in [0, 0.05) is 11.9 Å². The number of benzene rings is 2. The Morgan fingerprint density at radius 2 is 1.79 bits per heavy atom. The number of nitrogens with zero attached hydrogens (tertiary/aromatic N) is 1. The smallest absolute Gasteiger partial charge is 0.475 e. The van der Waals surface area contributed by atoms with Gasteiger partial charge >= 0.3 is 12.1 Å². The Labute approximate surface area is 157 Å². The number of nitrogens with two attached hydrogens (primary N) is 1. The molecule has 1 aromatic heterocycles. The lowest BCUT2D eigenvalue weighted by Gasteiger charge is -2.15. The second-order valence-corrected chi connectivity index (χ2v) is 6.09. The van der Waals surface area contributed by atoms with Crippen molar-refractivity contribution in [3.63, 3.8) is 0 Å². The van der Waals surface area contributed by atoms with Crippen molar-refractivity contribution in [3.05, 3.63) is 60.2 Å². The van der Waals surface area contributed by atoms with E-state index in [9.17, 15) is 18.0 Å². The zero-order valence-electron chi connectivity index (χ0n) is 14.4. The lowest BCUT2D eigenvalue weighted by atomic mass is 10.1. The summed E-state index contributed by atoms with van der Waals surface area (Å²) in [5.74, 6) is -2.91. The Balaban J connectivity index is 0.000000279. The summed E-state index contributed by atoms with van der Waals surface area (Å²) in [4.78, 5) is 21.0. The van der Waals surface area contributed by atoms with Gasteiger partial charge in [-0.25, -0.2) is 4.79 Å². The summed E-state index contributed by atoms with van der Waals surface area (Å²) in [6.45, 7) is 0.516. The van der Waals surface area contributed by atoms with Gasteiger partial charge in [0.1, 0.15) is 0 Å². The van der Waals surface area contributed by atoms with Crippen molar-refractivity contribution in [2.45, 2.75) is 18.9 Å². The molecule has 2 heterocycles. The summed E-state index contributed by atoms with van der Waals surface area (Å²) in [6.07, 6.45) is -5.79. The predicted molar refractivity (Wildman–Crippen MR) is 96.1 cm³/mol. The SMILES string of the molecule is N[C@H]1C(=O)NCc2cccc3cc(-c4ccccc4)n1c23.O=C(O)C(F)(F)F. The van der Waals surface area contributed by atoms with E-state index in [-0.39, 0.29) is 5.91 Å². The zero-order chi connectivity index (χ0) is 20.5. The molecule has 2 aromatic carbocycles. The van der Waals surface area contributed by atoms with Gasteiger partial charge in [0.25, 0.3) is 5.91 Å². The van der Waals surface area contributed by atoms with Crippen molar-refractivity contribution >= 4 is 22.8 Å². The maximum absolute atomic E-state index is 12.1. The molecule has 0 radical (unpaired) electrons. The van der Waals surface area contributed by atoms with E-state index in [1.807, 2.05) is 47.0 Å². The number of aliphatic carboxylic acids is 1. The molecule has 0 aliphatic carbocycles. The predicted octanol–water partition coefficient (Wildman–Crippen LogP) is 3.03. The summed E-state index contributed by atoms with van der Waals surface area (Å²) in [5, 5.41) is 11.1. The maximum atomic E-state index is 12.1. The summed E-state index contributed by atoms with van der Waals surface area (Å²) >= 11 is 0. The Kier molecular flexibility index (Phi) is 5.10. The number of para-hydroxylation sites is 1. The number of halogens is 3. The number of amides is 1. The largest absolute Gasteiger partial charge is 0.490 e. The topological polar surface area (TPSA) is 97.4 Å². The van der Waals surface area contributed by atoms with Crippen LogP contribution in [-0.2, 0) is 16.1 Å². The summed E-state index contributed by atoms with van der Waals surface area (Å²) in [7, 11) is 0. The monoisotopic (exact) mass is 391 g/mol. The molecule has 0 saturated carbocycles. The van der Waals surface area contributed by atoms with Crippen molar-refractivity contribution in [1.82, 2.24) is 9.88 Å². The van der Waals surface area contributed by atoms with Crippen LogP contribution in [0.25, 0.3) is 22.2 Å².